The first-order chi connectivity index (χ1) is 7.47. The molecule has 0 saturated heterocycles. The van der Waals surface area contributed by atoms with Crippen molar-refractivity contribution >= 4 is 11.9 Å². The van der Waals surface area contributed by atoms with E-state index in [4.69, 9.17) is 10.2 Å². The molecule has 0 aromatic heterocycles. The molecule has 3 atom stereocenters. The van der Waals surface area contributed by atoms with Crippen LogP contribution in [0.3, 0.4) is 0 Å². The van der Waals surface area contributed by atoms with E-state index in [1.807, 2.05) is 0 Å². The lowest BCUT2D eigenvalue weighted by Gasteiger charge is -2.26. The summed E-state index contributed by atoms with van der Waals surface area (Å²) in [4.78, 5) is 24.2. The summed E-state index contributed by atoms with van der Waals surface area (Å²) in [7, 11) is 1.65. The number of carbonyl (C=O) groups is 2. The molecule has 1 unspecified atom stereocenters. The van der Waals surface area contributed by atoms with E-state index in [1.54, 1.807) is 14.0 Å². The van der Waals surface area contributed by atoms with Crippen LogP contribution in [0.25, 0.3) is 0 Å². The molecule has 1 saturated carbocycles. The van der Waals surface area contributed by atoms with Gasteiger partial charge in [-0.15, -0.1) is 0 Å². The van der Waals surface area contributed by atoms with Gasteiger partial charge in [0.05, 0.1) is 18.6 Å². The normalized spacial score (nSPS) is 26.4. The monoisotopic (exact) mass is 229 g/mol. The number of aliphatic hydroxyl groups excluding tert-OH is 1. The molecule has 0 bridgehead atoms. The van der Waals surface area contributed by atoms with Crippen molar-refractivity contribution < 1.29 is 19.8 Å². The molecular weight excluding hydrogens is 210 g/mol. The SMILES string of the molecule is CC(CO)N(C)C(=O)[C@@H]1CC[C@H](C(=O)O)C1. The Balaban J connectivity index is 2.54. The second-order valence-corrected chi connectivity index (χ2v) is 4.53. The van der Waals surface area contributed by atoms with Crippen LogP contribution in [0.15, 0.2) is 0 Å². The number of carboxylic acid groups (broad SMARTS) is 1. The molecule has 1 rings (SSSR count). The van der Waals surface area contributed by atoms with Crippen LogP contribution >= 0.6 is 0 Å². The van der Waals surface area contributed by atoms with Gasteiger partial charge in [-0.2, -0.15) is 0 Å². The van der Waals surface area contributed by atoms with Crippen LogP contribution in [-0.2, 0) is 9.59 Å². The molecule has 1 amide bonds. The Kier molecular flexibility index (Phi) is 4.29. The minimum atomic E-state index is -0.812. The number of hydrogen-bond acceptors (Lipinski definition) is 3. The molecular formula is C11H19NO4. The molecule has 1 aliphatic rings. The fourth-order valence-electron chi connectivity index (χ4n) is 2.06. The number of aliphatic carboxylic acids is 1. The zero-order valence-electron chi connectivity index (χ0n) is 9.72. The second-order valence-electron chi connectivity index (χ2n) is 4.53. The number of amides is 1. The third-order valence-electron chi connectivity index (χ3n) is 3.40. The summed E-state index contributed by atoms with van der Waals surface area (Å²) < 4.78 is 0. The minimum Gasteiger partial charge on any atom is -0.481 e. The first-order valence-corrected chi connectivity index (χ1v) is 5.57. The van der Waals surface area contributed by atoms with E-state index < -0.39 is 5.97 Å². The van der Waals surface area contributed by atoms with E-state index in [9.17, 15) is 9.59 Å². The number of rotatable bonds is 4. The zero-order chi connectivity index (χ0) is 12.3. The largest absolute Gasteiger partial charge is 0.481 e. The lowest BCUT2D eigenvalue weighted by molar-refractivity contribution is -0.141. The summed E-state index contributed by atoms with van der Waals surface area (Å²) in [6.45, 7) is 1.69. The molecule has 0 aromatic carbocycles. The van der Waals surface area contributed by atoms with Crippen LogP contribution in [0.1, 0.15) is 26.2 Å². The van der Waals surface area contributed by atoms with Crippen LogP contribution in [0.4, 0.5) is 0 Å². The maximum absolute atomic E-state index is 11.9. The number of nitrogens with zero attached hydrogens (tertiary/aromatic N) is 1. The summed E-state index contributed by atoms with van der Waals surface area (Å²) in [5.41, 5.74) is 0. The van der Waals surface area contributed by atoms with Crippen molar-refractivity contribution in [1.82, 2.24) is 4.90 Å². The Morgan fingerprint density at radius 3 is 2.38 bits per heavy atom. The smallest absolute Gasteiger partial charge is 0.306 e. The van der Waals surface area contributed by atoms with E-state index in [0.29, 0.717) is 19.3 Å². The van der Waals surface area contributed by atoms with E-state index in [-0.39, 0.29) is 30.4 Å². The van der Waals surface area contributed by atoms with Crippen molar-refractivity contribution in [2.24, 2.45) is 11.8 Å². The van der Waals surface area contributed by atoms with Crippen molar-refractivity contribution in [3.05, 3.63) is 0 Å². The Morgan fingerprint density at radius 2 is 1.94 bits per heavy atom. The van der Waals surface area contributed by atoms with Crippen molar-refractivity contribution in [1.29, 1.82) is 0 Å². The van der Waals surface area contributed by atoms with E-state index in [1.165, 1.54) is 4.90 Å². The highest BCUT2D eigenvalue weighted by molar-refractivity contribution is 5.81. The minimum absolute atomic E-state index is 0.0506. The van der Waals surface area contributed by atoms with Crippen molar-refractivity contribution in [2.45, 2.75) is 32.2 Å². The number of carbonyl (C=O) groups excluding carboxylic acids is 1. The standard InChI is InChI=1S/C11H19NO4/c1-7(6-13)12(2)10(14)8-3-4-9(5-8)11(15)16/h7-9,13H,3-6H2,1-2H3,(H,15,16)/t7?,8-,9+/m1/s1. The van der Waals surface area contributed by atoms with Gasteiger partial charge in [0, 0.05) is 13.0 Å². The van der Waals surface area contributed by atoms with Gasteiger partial charge in [-0.1, -0.05) is 0 Å². The summed E-state index contributed by atoms with van der Waals surface area (Å²) in [5.74, 6) is -1.44. The maximum atomic E-state index is 11.9. The average molecular weight is 229 g/mol. The molecule has 5 heteroatoms. The van der Waals surface area contributed by atoms with Crippen LogP contribution in [0.5, 0.6) is 0 Å². The topological polar surface area (TPSA) is 77.8 Å². The summed E-state index contributed by atoms with van der Waals surface area (Å²) in [6.07, 6.45) is 1.64. The quantitative estimate of drug-likeness (QED) is 0.728. The van der Waals surface area contributed by atoms with E-state index in [2.05, 4.69) is 0 Å². The molecule has 0 radical (unpaired) electrons. The van der Waals surface area contributed by atoms with Gasteiger partial charge < -0.3 is 15.1 Å². The van der Waals surface area contributed by atoms with Crippen LogP contribution in [0.2, 0.25) is 0 Å². The van der Waals surface area contributed by atoms with E-state index in [0.717, 1.165) is 0 Å². The second kappa shape index (κ2) is 5.30. The molecule has 0 heterocycles. The van der Waals surface area contributed by atoms with Gasteiger partial charge >= 0.3 is 5.97 Å². The fourth-order valence-corrected chi connectivity index (χ4v) is 2.06. The van der Waals surface area contributed by atoms with Crippen LogP contribution in [0, 0.1) is 11.8 Å². The molecule has 92 valence electrons. The Hall–Kier alpha value is -1.10. The summed E-state index contributed by atoms with van der Waals surface area (Å²) >= 11 is 0. The molecule has 1 fully saturated rings. The van der Waals surface area contributed by atoms with Gasteiger partial charge in [0.25, 0.3) is 0 Å². The van der Waals surface area contributed by atoms with Gasteiger partial charge in [-0.25, -0.2) is 0 Å². The number of likely N-dealkylation sites (N-methyl/N-ethyl adjacent to an activating group) is 1. The predicted octanol–water partition coefficient (Wildman–Crippen LogP) is 0.326. The molecule has 16 heavy (non-hydrogen) atoms. The first kappa shape index (κ1) is 13.0. The van der Waals surface area contributed by atoms with Crippen LogP contribution in [-0.4, -0.2) is 46.7 Å². The maximum Gasteiger partial charge on any atom is 0.306 e. The highest BCUT2D eigenvalue weighted by atomic mass is 16.4. The third kappa shape index (κ3) is 2.72. The van der Waals surface area contributed by atoms with Gasteiger partial charge in [0.15, 0.2) is 0 Å². The third-order valence-corrected chi connectivity index (χ3v) is 3.40. The van der Waals surface area contributed by atoms with Crippen LogP contribution < -0.4 is 0 Å². The number of aliphatic hydroxyl groups is 1. The Morgan fingerprint density at radius 1 is 1.38 bits per heavy atom. The highest BCUT2D eigenvalue weighted by Gasteiger charge is 2.35. The first-order valence-electron chi connectivity index (χ1n) is 5.57. The number of hydrogen-bond donors (Lipinski definition) is 2. The molecule has 2 N–H and O–H groups in total. The molecule has 0 spiro atoms. The lowest BCUT2D eigenvalue weighted by Crippen LogP contribution is -2.40. The Bertz CT molecular complexity index is 279. The average Bonchev–Trinajstić information content (AvgIpc) is 2.75. The Labute approximate surface area is 95.1 Å². The molecule has 0 aliphatic heterocycles. The predicted molar refractivity (Wildman–Crippen MR) is 57.8 cm³/mol. The fraction of sp³-hybridized carbons (Fsp3) is 0.818. The van der Waals surface area contributed by atoms with Gasteiger partial charge in [0.1, 0.15) is 0 Å². The number of carboxylic acids is 1. The van der Waals surface area contributed by atoms with Crippen molar-refractivity contribution in [3.63, 3.8) is 0 Å². The molecule has 1 aliphatic carbocycles. The van der Waals surface area contributed by atoms with E-state index >= 15 is 0 Å². The highest BCUT2D eigenvalue weighted by Crippen LogP contribution is 2.32. The van der Waals surface area contributed by atoms with Crippen molar-refractivity contribution in [3.8, 4) is 0 Å². The molecule has 0 aromatic rings. The van der Waals surface area contributed by atoms with Crippen molar-refractivity contribution in [2.75, 3.05) is 13.7 Å². The van der Waals surface area contributed by atoms with Gasteiger partial charge in [-0.05, 0) is 26.2 Å². The lowest BCUT2D eigenvalue weighted by atomic mass is 10.0. The van der Waals surface area contributed by atoms with Gasteiger partial charge in [0.2, 0.25) is 5.91 Å². The zero-order valence-corrected chi connectivity index (χ0v) is 9.72. The summed E-state index contributed by atoms with van der Waals surface area (Å²) in [5, 5.41) is 17.8. The van der Waals surface area contributed by atoms with Gasteiger partial charge in [-0.3, -0.25) is 9.59 Å². The summed E-state index contributed by atoms with van der Waals surface area (Å²) in [6, 6.07) is -0.212. The molecule has 5 nitrogen and oxygen atoms in total.